The van der Waals surface area contributed by atoms with E-state index in [1.54, 1.807) is 35.7 Å². The minimum Gasteiger partial charge on any atom is -0.492 e. The van der Waals surface area contributed by atoms with Gasteiger partial charge in [-0.05, 0) is 79.6 Å². The standard InChI is InChI=1S/C28H32N6O6/c1-4-38-28(36)18-10-13-33(14-11-18)27(35)17-5-7-20(8-6-17)34-26(29-30-31-34)23-22-19(9-12-32(23)2)15-21-24(25(22)37-3)40-16-39-21/h5-8,15,18,23H,4,9-14,16H2,1-3H3. The molecule has 12 nitrogen and oxygen atoms in total. The molecule has 0 radical (unpaired) electrons. The predicted octanol–water partition coefficient (Wildman–Crippen LogP) is 2.39. The maximum Gasteiger partial charge on any atom is 0.309 e. The van der Waals surface area contributed by atoms with Crippen LogP contribution in [-0.4, -0.2) is 89.1 Å². The molecule has 0 N–H and O–H groups in total. The molecule has 40 heavy (non-hydrogen) atoms. The summed E-state index contributed by atoms with van der Waals surface area (Å²) in [4.78, 5) is 29.2. The molecule has 4 heterocycles. The highest BCUT2D eigenvalue weighted by molar-refractivity contribution is 5.94. The largest absolute Gasteiger partial charge is 0.492 e. The van der Waals surface area contributed by atoms with Crippen molar-refractivity contribution in [3.8, 4) is 22.9 Å². The van der Waals surface area contributed by atoms with Crippen LogP contribution < -0.4 is 14.2 Å². The van der Waals surface area contributed by atoms with E-state index in [0.29, 0.717) is 61.2 Å². The van der Waals surface area contributed by atoms with Crippen LogP contribution in [0.1, 0.15) is 53.1 Å². The predicted molar refractivity (Wildman–Crippen MR) is 142 cm³/mol. The van der Waals surface area contributed by atoms with Crippen LogP contribution in [0.2, 0.25) is 0 Å². The summed E-state index contributed by atoms with van der Waals surface area (Å²) in [6.07, 6.45) is 2.04. The summed E-state index contributed by atoms with van der Waals surface area (Å²) in [5.41, 5.74) is 3.36. The van der Waals surface area contributed by atoms with Crippen LogP contribution >= 0.6 is 0 Å². The molecule has 2 aromatic carbocycles. The molecule has 0 bridgehead atoms. The second kappa shape index (κ2) is 10.8. The fraction of sp³-hybridized carbons (Fsp3) is 0.464. The number of nitrogens with zero attached hydrogens (tertiary/aromatic N) is 6. The summed E-state index contributed by atoms with van der Waals surface area (Å²) in [6.45, 7) is 4.17. The molecule has 0 aliphatic carbocycles. The first-order valence-corrected chi connectivity index (χ1v) is 13.5. The van der Waals surface area contributed by atoms with Crippen LogP contribution in [0, 0.1) is 5.92 Å². The molecule has 1 amide bonds. The van der Waals surface area contributed by atoms with E-state index in [0.717, 1.165) is 29.8 Å². The van der Waals surface area contributed by atoms with Crippen molar-refractivity contribution in [3.05, 3.63) is 52.8 Å². The highest BCUT2D eigenvalue weighted by Crippen LogP contribution is 2.50. The molecule has 3 aliphatic rings. The number of rotatable bonds is 6. The Morgan fingerprint density at radius 1 is 1.10 bits per heavy atom. The van der Waals surface area contributed by atoms with Gasteiger partial charge in [-0.15, -0.1) is 5.10 Å². The zero-order chi connectivity index (χ0) is 27.8. The van der Waals surface area contributed by atoms with E-state index in [2.05, 4.69) is 20.4 Å². The smallest absolute Gasteiger partial charge is 0.309 e. The van der Waals surface area contributed by atoms with Crippen LogP contribution in [0.5, 0.6) is 17.2 Å². The Kier molecular flexibility index (Phi) is 7.01. The molecular formula is C28H32N6O6. The van der Waals surface area contributed by atoms with Crippen molar-refractivity contribution in [2.24, 2.45) is 5.92 Å². The maximum absolute atomic E-state index is 13.2. The number of carbonyl (C=O) groups is 2. The molecule has 3 aliphatic heterocycles. The Labute approximate surface area is 231 Å². The molecule has 1 unspecified atom stereocenters. The number of likely N-dealkylation sites (N-methyl/N-ethyl adjacent to an activating group) is 1. The number of piperidine rings is 1. The van der Waals surface area contributed by atoms with Gasteiger partial charge in [0.2, 0.25) is 12.5 Å². The van der Waals surface area contributed by atoms with Gasteiger partial charge in [0.15, 0.2) is 17.3 Å². The molecule has 210 valence electrons. The van der Waals surface area contributed by atoms with E-state index in [9.17, 15) is 9.59 Å². The third-order valence-electron chi connectivity index (χ3n) is 7.89. The number of hydrogen-bond donors (Lipinski definition) is 0. The van der Waals surface area contributed by atoms with Crippen molar-refractivity contribution in [1.29, 1.82) is 0 Å². The molecule has 12 heteroatoms. The summed E-state index contributed by atoms with van der Waals surface area (Å²) in [7, 11) is 3.66. The minimum atomic E-state index is -0.287. The van der Waals surface area contributed by atoms with Crippen LogP contribution in [0.3, 0.4) is 0 Å². The molecule has 0 spiro atoms. The molecule has 0 saturated carbocycles. The number of carbonyl (C=O) groups excluding carboxylic acids is 2. The molecular weight excluding hydrogens is 516 g/mol. The summed E-state index contributed by atoms with van der Waals surface area (Å²) in [5, 5.41) is 12.7. The van der Waals surface area contributed by atoms with Gasteiger partial charge in [-0.25, -0.2) is 0 Å². The highest BCUT2D eigenvalue weighted by Gasteiger charge is 2.38. The van der Waals surface area contributed by atoms with Gasteiger partial charge in [0, 0.05) is 30.8 Å². The van der Waals surface area contributed by atoms with E-state index < -0.39 is 0 Å². The lowest BCUT2D eigenvalue weighted by Crippen LogP contribution is -2.40. The monoisotopic (exact) mass is 548 g/mol. The number of ether oxygens (including phenoxy) is 4. The normalized spacial score (nSPS) is 18.9. The van der Waals surface area contributed by atoms with Crippen molar-refractivity contribution in [3.63, 3.8) is 0 Å². The number of benzene rings is 2. The van der Waals surface area contributed by atoms with Gasteiger partial charge < -0.3 is 23.8 Å². The van der Waals surface area contributed by atoms with E-state index >= 15 is 0 Å². The lowest BCUT2D eigenvalue weighted by Gasteiger charge is -2.34. The molecule has 1 atom stereocenters. The first kappa shape index (κ1) is 26.1. The van der Waals surface area contributed by atoms with Crippen molar-refractivity contribution in [2.75, 3.05) is 47.2 Å². The Morgan fingerprint density at radius 3 is 2.60 bits per heavy atom. The SMILES string of the molecule is CCOC(=O)C1CCN(C(=O)c2ccc(-n3nnnc3C3c4c(cc5c(c4OC)OCO5)CCN3C)cc2)CC1. The Hall–Kier alpha value is -4.19. The maximum atomic E-state index is 13.2. The topological polar surface area (TPSA) is 121 Å². The van der Waals surface area contributed by atoms with Gasteiger partial charge in [-0.1, -0.05) is 0 Å². The van der Waals surface area contributed by atoms with Gasteiger partial charge >= 0.3 is 5.97 Å². The van der Waals surface area contributed by atoms with Gasteiger partial charge in [0.1, 0.15) is 6.04 Å². The average Bonchev–Trinajstić information content (AvgIpc) is 3.66. The zero-order valence-corrected chi connectivity index (χ0v) is 22.8. The Bertz CT molecular complexity index is 1420. The minimum absolute atomic E-state index is 0.0625. The first-order valence-electron chi connectivity index (χ1n) is 13.5. The number of amides is 1. The average molecular weight is 549 g/mol. The van der Waals surface area contributed by atoms with E-state index in [1.807, 2.05) is 25.2 Å². The lowest BCUT2D eigenvalue weighted by molar-refractivity contribution is -0.149. The van der Waals surface area contributed by atoms with Crippen molar-refractivity contribution in [2.45, 2.75) is 32.2 Å². The van der Waals surface area contributed by atoms with Crippen LogP contribution in [0.25, 0.3) is 5.69 Å². The van der Waals surface area contributed by atoms with Gasteiger partial charge in [0.25, 0.3) is 5.91 Å². The number of likely N-dealkylation sites (tertiary alicyclic amines) is 1. The second-order valence-corrected chi connectivity index (χ2v) is 10.2. The van der Waals surface area contributed by atoms with Gasteiger partial charge in [-0.3, -0.25) is 14.5 Å². The first-order chi connectivity index (χ1) is 19.5. The zero-order valence-electron chi connectivity index (χ0n) is 22.8. The fourth-order valence-electron chi connectivity index (χ4n) is 5.81. The summed E-state index contributed by atoms with van der Waals surface area (Å²) in [6, 6.07) is 9.00. The van der Waals surface area contributed by atoms with Crippen LogP contribution in [0.15, 0.2) is 30.3 Å². The number of hydrogen-bond acceptors (Lipinski definition) is 10. The number of tetrazole rings is 1. The Morgan fingerprint density at radius 2 is 1.88 bits per heavy atom. The third kappa shape index (κ3) is 4.51. The number of methoxy groups -OCH3 is 1. The summed E-state index contributed by atoms with van der Waals surface area (Å²) in [5.74, 6) is 2.15. The number of fused-ring (bicyclic) bond motifs is 2. The number of esters is 1. The third-order valence-corrected chi connectivity index (χ3v) is 7.89. The van der Waals surface area contributed by atoms with Gasteiger partial charge in [0.05, 0.1) is 25.3 Å². The lowest BCUT2D eigenvalue weighted by atomic mass is 9.90. The van der Waals surface area contributed by atoms with Crippen LogP contribution in [0.4, 0.5) is 0 Å². The highest BCUT2D eigenvalue weighted by atomic mass is 16.7. The van der Waals surface area contributed by atoms with Gasteiger partial charge in [-0.2, -0.15) is 4.68 Å². The van der Waals surface area contributed by atoms with Crippen molar-refractivity contribution >= 4 is 11.9 Å². The second-order valence-electron chi connectivity index (χ2n) is 10.2. The van der Waals surface area contributed by atoms with E-state index in [1.165, 1.54) is 0 Å². The fourth-order valence-corrected chi connectivity index (χ4v) is 5.81. The number of aromatic nitrogens is 4. The molecule has 1 saturated heterocycles. The Balaban J connectivity index is 1.24. The summed E-state index contributed by atoms with van der Waals surface area (Å²) >= 11 is 0. The summed E-state index contributed by atoms with van der Waals surface area (Å²) < 4.78 is 24.0. The molecule has 6 rings (SSSR count). The quantitative estimate of drug-likeness (QED) is 0.425. The van der Waals surface area contributed by atoms with Crippen molar-refractivity contribution < 1.29 is 28.5 Å². The molecule has 1 aromatic heterocycles. The van der Waals surface area contributed by atoms with E-state index in [-0.39, 0.29) is 30.6 Å². The van der Waals surface area contributed by atoms with Crippen LogP contribution in [-0.2, 0) is 16.0 Å². The van der Waals surface area contributed by atoms with E-state index in [4.69, 9.17) is 18.9 Å². The van der Waals surface area contributed by atoms with Crippen molar-refractivity contribution in [1.82, 2.24) is 30.0 Å². The molecule has 3 aromatic rings. The molecule has 1 fully saturated rings.